The molecule has 0 radical (unpaired) electrons. The predicted octanol–water partition coefficient (Wildman–Crippen LogP) is -0.132. The number of guanidine groups is 1. The summed E-state index contributed by atoms with van der Waals surface area (Å²) in [5.41, 5.74) is 5.82. The molecule has 0 saturated carbocycles. The van der Waals surface area contributed by atoms with Gasteiger partial charge < -0.3 is 20.7 Å². The molecule has 0 spiro atoms. The Morgan fingerprint density at radius 3 is 2.91 bits per heavy atom. The third-order valence-electron chi connectivity index (χ3n) is 3.79. The number of ether oxygens (including phenoxy) is 1. The Bertz CT molecular complexity index is 373. The average molecular weight is 313 g/mol. The van der Waals surface area contributed by atoms with E-state index in [1.807, 2.05) is 21.0 Å². The molecule has 1 aliphatic heterocycles. The highest BCUT2D eigenvalue weighted by atomic mass is 16.5. The fourth-order valence-corrected chi connectivity index (χ4v) is 2.73. The number of nitrogens with two attached hydrogens (primary N) is 1. The normalized spacial score (nSPS) is 20.9. The molecule has 7 nitrogen and oxygen atoms in total. The van der Waals surface area contributed by atoms with Crippen LogP contribution in [0.2, 0.25) is 0 Å². The molecule has 0 aliphatic carbocycles. The highest BCUT2D eigenvalue weighted by Gasteiger charge is 2.30. The van der Waals surface area contributed by atoms with E-state index in [0.717, 1.165) is 32.4 Å². The van der Waals surface area contributed by atoms with Crippen molar-refractivity contribution in [3.63, 3.8) is 0 Å². The number of hydrogen-bond acceptors (Lipinski definition) is 4. The first-order valence-corrected chi connectivity index (χ1v) is 7.96. The third-order valence-corrected chi connectivity index (χ3v) is 3.79. The number of carbonyl (C=O) groups excluding carboxylic acids is 1. The average Bonchev–Trinajstić information content (AvgIpc) is 2.91. The summed E-state index contributed by atoms with van der Waals surface area (Å²) in [7, 11) is 5.29. The molecule has 1 amide bonds. The topological polar surface area (TPSA) is 83.2 Å². The number of amides is 1. The molecule has 0 aromatic carbocycles. The van der Waals surface area contributed by atoms with E-state index in [2.05, 4.69) is 15.2 Å². The lowest BCUT2D eigenvalue weighted by Crippen LogP contribution is -2.43. The Morgan fingerprint density at radius 1 is 1.55 bits per heavy atom. The number of likely N-dealkylation sites (N-methyl/N-ethyl adjacent to an activating group) is 1. The summed E-state index contributed by atoms with van der Waals surface area (Å²) in [6.45, 7) is 5.13. The summed E-state index contributed by atoms with van der Waals surface area (Å²) < 4.78 is 5.04. The third kappa shape index (κ3) is 6.19. The van der Waals surface area contributed by atoms with E-state index in [1.165, 1.54) is 0 Å². The van der Waals surface area contributed by atoms with Crippen molar-refractivity contribution >= 4 is 11.9 Å². The molecular formula is C15H31N5O2. The summed E-state index contributed by atoms with van der Waals surface area (Å²) in [6, 6.07) is 0.186. The van der Waals surface area contributed by atoms with Crippen LogP contribution in [0.4, 0.5) is 0 Å². The first kappa shape index (κ1) is 18.7. The van der Waals surface area contributed by atoms with Crippen LogP contribution in [-0.2, 0) is 9.53 Å². The van der Waals surface area contributed by atoms with Crippen LogP contribution >= 0.6 is 0 Å². The van der Waals surface area contributed by atoms with Gasteiger partial charge in [-0.15, -0.1) is 0 Å². The Labute approximate surface area is 133 Å². The van der Waals surface area contributed by atoms with Crippen molar-refractivity contribution in [2.75, 3.05) is 47.4 Å². The number of nitrogens with one attached hydrogen (secondary N) is 1. The second kappa shape index (κ2) is 9.63. The van der Waals surface area contributed by atoms with Gasteiger partial charge in [-0.05, 0) is 32.7 Å². The molecule has 1 aliphatic rings. The maximum absolute atomic E-state index is 12.1. The molecule has 3 N–H and O–H groups in total. The molecule has 128 valence electrons. The summed E-state index contributed by atoms with van der Waals surface area (Å²) in [4.78, 5) is 20.4. The van der Waals surface area contributed by atoms with Crippen LogP contribution in [0, 0.1) is 0 Å². The summed E-state index contributed by atoms with van der Waals surface area (Å²) in [6.07, 6.45) is 2.95. The van der Waals surface area contributed by atoms with Gasteiger partial charge >= 0.3 is 0 Å². The van der Waals surface area contributed by atoms with Crippen LogP contribution in [0.15, 0.2) is 4.99 Å². The van der Waals surface area contributed by atoms with Gasteiger partial charge in [0.1, 0.15) is 0 Å². The maximum Gasteiger partial charge on any atom is 0.239 e. The van der Waals surface area contributed by atoms with Crippen molar-refractivity contribution in [1.29, 1.82) is 0 Å². The van der Waals surface area contributed by atoms with E-state index in [0.29, 0.717) is 19.1 Å². The second-order valence-corrected chi connectivity index (χ2v) is 6.05. The SMILES string of the molecule is COCC(C)NC(N)=NCCCN1CCCC1C(=O)N(C)C. The fourth-order valence-electron chi connectivity index (χ4n) is 2.73. The summed E-state index contributed by atoms with van der Waals surface area (Å²) in [5, 5.41) is 3.08. The minimum absolute atomic E-state index is 0.0381. The molecule has 0 aromatic heterocycles. The summed E-state index contributed by atoms with van der Waals surface area (Å²) >= 11 is 0. The largest absolute Gasteiger partial charge is 0.383 e. The van der Waals surface area contributed by atoms with Crippen molar-refractivity contribution < 1.29 is 9.53 Å². The highest BCUT2D eigenvalue weighted by molar-refractivity contribution is 5.81. The minimum Gasteiger partial charge on any atom is -0.383 e. The zero-order valence-corrected chi connectivity index (χ0v) is 14.3. The van der Waals surface area contributed by atoms with E-state index >= 15 is 0 Å². The van der Waals surface area contributed by atoms with E-state index in [1.54, 1.807) is 12.0 Å². The molecule has 7 heteroatoms. The van der Waals surface area contributed by atoms with Crippen LogP contribution in [0.5, 0.6) is 0 Å². The van der Waals surface area contributed by atoms with Crippen LogP contribution in [0.25, 0.3) is 0 Å². The fraction of sp³-hybridized carbons (Fsp3) is 0.867. The molecule has 1 rings (SSSR count). The van der Waals surface area contributed by atoms with Gasteiger partial charge in [0.05, 0.1) is 12.6 Å². The van der Waals surface area contributed by atoms with Crippen molar-refractivity contribution in [2.24, 2.45) is 10.7 Å². The molecular weight excluding hydrogens is 282 g/mol. The Hall–Kier alpha value is -1.34. The molecule has 2 unspecified atom stereocenters. The van der Waals surface area contributed by atoms with Crippen molar-refractivity contribution in [2.45, 2.75) is 38.3 Å². The molecule has 1 heterocycles. The van der Waals surface area contributed by atoms with Gasteiger partial charge in [0, 0.05) is 40.3 Å². The first-order chi connectivity index (χ1) is 10.5. The van der Waals surface area contributed by atoms with Crippen molar-refractivity contribution in [3.05, 3.63) is 0 Å². The molecule has 0 aromatic rings. The van der Waals surface area contributed by atoms with E-state index in [4.69, 9.17) is 10.5 Å². The number of nitrogens with zero attached hydrogens (tertiary/aromatic N) is 3. The molecule has 2 atom stereocenters. The predicted molar refractivity (Wildman–Crippen MR) is 88.9 cm³/mol. The monoisotopic (exact) mass is 313 g/mol. The number of carbonyl (C=O) groups is 1. The minimum atomic E-state index is 0.0381. The number of aliphatic imine (C=N–C) groups is 1. The smallest absolute Gasteiger partial charge is 0.239 e. The standard InChI is InChI=1S/C15H31N5O2/c1-12(11-22-4)18-15(16)17-8-6-10-20-9-5-7-13(20)14(21)19(2)3/h12-13H,5-11H2,1-4H3,(H3,16,17,18). The Balaban J connectivity index is 2.30. The quantitative estimate of drug-likeness (QED) is 0.370. The molecule has 1 fully saturated rings. The van der Waals surface area contributed by atoms with Crippen molar-refractivity contribution in [3.8, 4) is 0 Å². The summed E-state index contributed by atoms with van der Waals surface area (Å²) in [5.74, 6) is 0.655. The van der Waals surface area contributed by atoms with Crippen LogP contribution in [0.3, 0.4) is 0 Å². The van der Waals surface area contributed by atoms with Gasteiger partial charge in [0.15, 0.2) is 5.96 Å². The lowest BCUT2D eigenvalue weighted by molar-refractivity contribution is -0.133. The molecule has 1 saturated heterocycles. The number of hydrogen-bond donors (Lipinski definition) is 2. The van der Waals surface area contributed by atoms with Crippen LogP contribution < -0.4 is 11.1 Å². The highest BCUT2D eigenvalue weighted by Crippen LogP contribution is 2.18. The van der Waals surface area contributed by atoms with Gasteiger partial charge in [0.2, 0.25) is 5.91 Å². The van der Waals surface area contributed by atoms with Crippen molar-refractivity contribution in [1.82, 2.24) is 15.1 Å². The Morgan fingerprint density at radius 2 is 2.27 bits per heavy atom. The molecule has 22 heavy (non-hydrogen) atoms. The van der Waals surface area contributed by atoms with Gasteiger partial charge in [-0.1, -0.05) is 0 Å². The number of methoxy groups -OCH3 is 1. The second-order valence-electron chi connectivity index (χ2n) is 6.05. The number of likely N-dealkylation sites (tertiary alicyclic amines) is 1. The lowest BCUT2D eigenvalue weighted by Gasteiger charge is -2.25. The van der Waals surface area contributed by atoms with Gasteiger partial charge in [-0.25, -0.2) is 0 Å². The van der Waals surface area contributed by atoms with E-state index in [-0.39, 0.29) is 18.0 Å². The van der Waals surface area contributed by atoms with Crippen LogP contribution in [0.1, 0.15) is 26.2 Å². The van der Waals surface area contributed by atoms with Gasteiger partial charge in [-0.3, -0.25) is 14.7 Å². The van der Waals surface area contributed by atoms with Crippen LogP contribution in [-0.4, -0.2) is 81.2 Å². The molecule has 0 bridgehead atoms. The lowest BCUT2D eigenvalue weighted by atomic mass is 10.2. The van der Waals surface area contributed by atoms with Gasteiger partial charge in [-0.2, -0.15) is 0 Å². The number of rotatable bonds is 8. The van der Waals surface area contributed by atoms with Gasteiger partial charge in [0.25, 0.3) is 0 Å². The maximum atomic E-state index is 12.1. The van der Waals surface area contributed by atoms with E-state index < -0.39 is 0 Å². The zero-order chi connectivity index (χ0) is 16.5. The zero-order valence-electron chi connectivity index (χ0n) is 14.3. The first-order valence-electron chi connectivity index (χ1n) is 7.96. The Kier molecular flexibility index (Phi) is 8.19. The van der Waals surface area contributed by atoms with E-state index in [9.17, 15) is 4.79 Å².